The highest BCUT2D eigenvalue weighted by molar-refractivity contribution is 7.97. The van der Waals surface area contributed by atoms with Crippen molar-refractivity contribution in [1.82, 2.24) is 10.2 Å². The number of carboxylic acids is 1. The Kier molecular flexibility index (Phi) is 10.7. The molecule has 2 rings (SSSR count). The lowest BCUT2D eigenvalue weighted by Crippen LogP contribution is -2.49. The predicted octanol–water partition coefficient (Wildman–Crippen LogP) is 4.50. The summed E-state index contributed by atoms with van der Waals surface area (Å²) in [6.07, 6.45) is 2.12. The van der Waals surface area contributed by atoms with Gasteiger partial charge >= 0.3 is 12.0 Å². The number of urea groups is 1. The number of hydrogen-bond donors (Lipinski definition) is 2. The molecule has 0 aromatic heterocycles. The number of amides is 3. The molecule has 2 N–H and O–H groups in total. The first-order chi connectivity index (χ1) is 14.2. The molecular formula is C23H30N2O4S. The van der Waals surface area contributed by atoms with Gasteiger partial charge in [-0.1, -0.05) is 48.5 Å². The Labute approximate surface area is 182 Å². The van der Waals surface area contributed by atoms with E-state index >= 15 is 0 Å². The van der Waals surface area contributed by atoms with Crippen LogP contribution in [0.25, 0.3) is 0 Å². The molecule has 6 nitrogen and oxygen atoms in total. The molecule has 0 fully saturated rings. The third-order valence-electron chi connectivity index (χ3n) is 4.19. The second-order valence-corrected chi connectivity index (χ2v) is 7.87. The maximum absolute atomic E-state index is 12.6. The predicted molar refractivity (Wildman–Crippen MR) is 122 cm³/mol. The lowest BCUT2D eigenvalue weighted by molar-refractivity contribution is -0.135. The van der Waals surface area contributed by atoms with E-state index in [1.165, 1.54) is 5.56 Å². The van der Waals surface area contributed by atoms with Gasteiger partial charge in [0.2, 0.25) is 0 Å². The van der Waals surface area contributed by atoms with Crippen LogP contribution in [0.3, 0.4) is 0 Å². The minimum atomic E-state index is -1.16. The summed E-state index contributed by atoms with van der Waals surface area (Å²) in [7, 11) is 0. The Hall–Kier alpha value is -2.80. The molecule has 0 atom stereocenters. The van der Waals surface area contributed by atoms with E-state index in [-0.39, 0.29) is 6.04 Å². The van der Waals surface area contributed by atoms with E-state index in [9.17, 15) is 14.4 Å². The van der Waals surface area contributed by atoms with E-state index < -0.39 is 24.5 Å². The molecule has 30 heavy (non-hydrogen) atoms. The summed E-state index contributed by atoms with van der Waals surface area (Å²) in [6, 6.07) is 14.8. The van der Waals surface area contributed by atoms with Crippen molar-refractivity contribution < 1.29 is 19.5 Å². The van der Waals surface area contributed by atoms with Crippen molar-refractivity contribution in [2.24, 2.45) is 0 Å². The fourth-order valence-electron chi connectivity index (χ4n) is 2.81. The first kappa shape index (κ1) is 25.2. The quantitative estimate of drug-likeness (QED) is 0.705. The Balaban J connectivity index is 0.000000414. The van der Waals surface area contributed by atoms with Crippen molar-refractivity contribution in [3.8, 4) is 0 Å². The summed E-state index contributed by atoms with van der Waals surface area (Å²) in [6.45, 7) is 6.47. The van der Waals surface area contributed by atoms with Gasteiger partial charge in [-0.3, -0.25) is 14.5 Å². The number of imide groups is 1. The number of benzene rings is 2. The Morgan fingerprint density at radius 2 is 1.57 bits per heavy atom. The number of nitrogens with one attached hydrogen (secondary N) is 1. The number of carboxylic acid groups (broad SMARTS) is 1. The van der Waals surface area contributed by atoms with Gasteiger partial charge in [-0.2, -0.15) is 11.8 Å². The standard InChI is InChI=1S/C15H20N2O4.C8H10S/c1-9(2)17(15(21)16-8-12(18)19)14(20)13-10(3)6-5-7-11(13)4;1-9-7-8-5-3-2-4-6-8/h5-7,9H,8H2,1-4H3,(H,16,21)(H,18,19);2-6H,7H2,1H3. The Morgan fingerprint density at radius 3 is 2.03 bits per heavy atom. The van der Waals surface area contributed by atoms with Crippen LogP contribution in [0.5, 0.6) is 0 Å². The second kappa shape index (κ2) is 12.7. The van der Waals surface area contributed by atoms with Gasteiger partial charge in [0.15, 0.2) is 0 Å². The zero-order valence-corrected chi connectivity index (χ0v) is 19.0. The monoisotopic (exact) mass is 430 g/mol. The van der Waals surface area contributed by atoms with E-state index in [1.54, 1.807) is 39.8 Å². The lowest BCUT2D eigenvalue weighted by Gasteiger charge is -2.26. The van der Waals surface area contributed by atoms with E-state index in [2.05, 4.69) is 35.8 Å². The highest BCUT2D eigenvalue weighted by Gasteiger charge is 2.27. The molecule has 0 radical (unpaired) electrons. The Morgan fingerprint density at radius 1 is 1.00 bits per heavy atom. The molecule has 0 aliphatic carbocycles. The minimum absolute atomic E-state index is 0.384. The molecule has 0 spiro atoms. The topological polar surface area (TPSA) is 86.7 Å². The summed E-state index contributed by atoms with van der Waals surface area (Å²) < 4.78 is 0. The first-order valence-corrected chi connectivity index (χ1v) is 11.0. The zero-order chi connectivity index (χ0) is 22.7. The highest BCUT2D eigenvalue weighted by Crippen LogP contribution is 2.17. The average molecular weight is 431 g/mol. The van der Waals surface area contributed by atoms with Crippen LogP contribution in [0.4, 0.5) is 4.79 Å². The zero-order valence-electron chi connectivity index (χ0n) is 18.1. The van der Waals surface area contributed by atoms with Gasteiger partial charge in [0, 0.05) is 17.4 Å². The van der Waals surface area contributed by atoms with Crippen LogP contribution in [0.2, 0.25) is 0 Å². The molecule has 0 heterocycles. The van der Waals surface area contributed by atoms with Gasteiger partial charge in [0.05, 0.1) is 0 Å². The summed E-state index contributed by atoms with van der Waals surface area (Å²) in [5.41, 5.74) is 3.43. The number of aryl methyl sites for hydroxylation is 2. The fourth-order valence-corrected chi connectivity index (χ4v) is 3.34. The lowest BCUT2D eigenvalue weighted by atomic mass is 10.0. The first-order valence-electron chi connectivity index (χ1n) is 9.61. The van der Waals surface area contributed by atoms with Gasteiger partial charge in [-0.25, -0.2) is 4.79 Å². The van der Waals surface area contributed by atoms with Crippen LogP contribution >= 0.6 is 11.8 Å². The Bertz CT molecular complexity index is 833. The molecule has 0 unspecified atom stereocenters. The molecule has 0 aliphatic heterocycles. The van der Waals surface area contributed by atoms with Crippen molar-refractivity contribution in [3.05, 3.63) is 70.8 Å². The van der Waals surface area contributed by atoms with Gasteiger partial charge in [-0.15, -0.1) is 0 Å². The van der Waals surface area contributed by atoms with E-state index in [4.69, 9.17) is 5.11 Å². The third-order valence-corrected chi connectivity index (χ3v) is 4.82. The largest absolute Gasteiger partial charge is 0.480 e. The van der Waals surface area contributed by atoms with Gasteiger partial charge < -0.3 is 10.4 Å². The van der Waals surface area contributed by atoms with Crippen LogP contribution < -0.4 is 5.32 Å². The van der Waals surface area contributed by atoms with Crippen molar-refractivity contribution in [3.63, 3.8) is 0 Å². The number of carbonyl (C=O) groups excluding carboxylic acids is 2. The van der Waals surface area contributed by atoms with Crippen LogP contribution in [-0.2, 0) is 10.5 Å². The molecular weight excluding hydrogens is 400 g/mol. The van der Waals surface area contributed by atoms with Crippen LogP contribution in [0, 0.1) is 13.8 Å². The second-order valence-electron chi connectivity index (χ2n) is 7.01. The van der Waals surface area contributed by atoms with Gasteiger partial charge in [-0.05, 0) is 50.6 Å². The smallest absolute Gasteiger partial charge is 0.325 e. The number of nitrogens with zero attached hydrogens (tertiary/aromatic N) is 1. The molecule has 7 heteroatoms. The van der Waals surface area contributed by atoms with Crippen LogP contribution in [0.15, 0.2) is 48.5 Å². The number of carbonyl (C=O) groups is 3. The number of rotatable bonds is 6. The molecule has 0 bridgehead atoms. The number of thioether (sulfide) groups is 1. The molecule has 0 aliphatic rings. The van der Waals surface area contributed by atoms with Crippen LogP contribution in [-0.4, -0.2) is 46.8 Å². The molecule has 2 aromatic rings. The minimum Gasteiger partial charge on any atom is -0.480 e. The summed E-state index contributed by atoms with van der Waals surface area (Å²) in [4.78, 5) is 36.3. The number of aliphatic carboxylic acids is 1. The maximum Gasteiger partial charge on any atom is 0.325 e. The molecule has 0 saturated carbocycles. The van der Waals surface area contributed by atoms with E-state index in [1.807, 2.05) is 23.9 Å². The fraction of sp³-hybridized carbons (Fsp3) is 0.348. The summed E-state index contributed by atoms with van der Waals surface area (Å²) in [5.74, 6) is -0.462. The number of hydrogen-bond acceptors (Lipinski definition) is 4. The SMILES string of the molecule is CSCc1ccccc1.Cc1cccc(C)c1C(=O)N(C(=O)NCC(=O)O)C(C)C. The van der Waals surface area contributed by atoms with Gasteiger partial charge in [0.1, 0.15) is 6.54 Å². The highest BCUT2D eigenvalue weighted by atomic mass is 32.2. The summed E-state index contributed by atoms with van der Waals surface area (Å²) in [5, 5.41) is 10.8. The normalized spacial score (nSPS) is 10.1. The van der Waals surface area contributed by atoms with Crippen molar-refractivity contribution in [2.75, 3.05) is 12.8 Å². The van der Waals surface area contributed by atoms with Gasteiger partial charge in [0.25, 0.3) is 5.91 Å². The molecule has 0 saturated heterocycles. The molecule has 3 amide bonds. The maximum atomic E-state index is 12.6. The van der Waals surface area contributed by atoms with E-state index in [0.29, 0.717) is 5.56 Å². The molecule has 2 aromatic carbocycles. The third kappa shape index (κ3) is 7.91. The van der Waals surface area contributed by atoms with Crippen molar-refractivity contribution >= 4 is 29.7 Å². The van der Waals surface area contributed by atoms with Crippen LogP contribution in [0.1, 0.15) is 40.9 Å². The summed E-state index contributed by atoms with van der Waals surface area (Å²) >= 11 is 1.85. The average Bonchev–Trinajstić information content (AvgIpc) is 2.68. The molecule has 162 valence electrons. The van der Waals surface area contributed by atoms with E-state index in [0.717, 1.165) is 21.8 Å². The van der Waals surface area contributed by atoms with Crippen molar-refractivity contribution in [2.45, 2.75) is 39.5 Å². The van der Waals surface area contributed by atoms with Crippen molar-refractivity contribution in [1.29, 1.82) is 0 Å².